The van der Waals surface area contributed by atoms with E-state index in [0.29, 0.717) is 12.5 Å². The number of furan rings is 1. The number of hydrogen-bond acceptors (Lipinski definition) is 3. The van der Waals surface area contributed by atoms with Crippen LogP contribution in [0, 0.1) is 5.92 Å². The van der Waals surface area contributed by atoms with Crippen molar-refractivity contribution in [3.63, 3.8) is 0 Å². The highest BCUT2D eigenvalue weighted by Crippen LogP contribution is 2.35. The second kappa shape index (κ2) is 6.38. The lowest BCUT2D eigenvalue weighted by Crippen LogP contribution is -2.42. The van der Waals surface area contributed by atoms with Crippen LogP contribution in [0.4, 0.5) is 0 Å². The van der Waals surface area contributed by atoms with Crippen molar-refractivity contribution in [2.24, 2.45) is 5.92 Å². The number of aryl methyl sites for hydroxylation is 1. The SMILES string of the molecule is CCc1ccc(C2CC(C)CCN2C(=O)Cn2cccn2)o1. The molecule has 0 spiro atoms. The Balaban J connectivity index is 1.78. The molecule has 0 aliphatic carbocycles. The minimum absolute atomic E-state index is 0.0483. The molecule has 1 aliphatic rings. The van der Waals surface area contributed by atoms with E-state index in [0.717, 1.165) is 37.3 Å². The van der Waals surface area contributed by atoms with E-state index in [4.69, 9.17) is 4.42 Å². The fourth-order valence-corrected chi connectivity index (χ4v) is 3.10. The highest BCUT2D eigenvalue weighted by atomic mass is 16.3. The number of hydrogen-bond donors (Lipinski definition) is 0. The molecule has 118 valence electrons. The second-order valence-electron chi connectivity index (χ2n) is 6.09. The van der Waals surface area contributed by atoms with Gasteiger partial charge in [0, 0.05) is 25.4 Å². The smallest absolute Gasteiger partial charge is 0.244 e. The van der Waals surface area contributed by atoms with Crippen molar-refractivity contribution in [3.8, 4) is 0 Å². The number of carbonyl (C=O) groups excluding carboxylic acids is 1. The van der Waals surface area contributed by atoms with E-state index in [-0.39, 0.29) is 11.9 Å². The molecule has 2 aromatic rings. The fourth-order valence-electron chi connectivity index (χ4n) is 3.10. The number of amides is 1. The van der Waals surface area contributed by atoms with E-state index in [1.165, 1.54) is 0 Å². The van der Waals surface area contributed by atoms with Gasteiger partial charge in [-0.25, -0.2) is 0 Å². The van der Waals surface area contributed by atoms with Gasteiger partial charge in [-0.15, -0.1) is 0 Å². The molecule has 5 nitrogen and oxygen atoms in total. The Hall–Kier alpha value is -2.04. The van der Waals surface area contributed by atoms with Crippen LogP contribution in [-0.4, -0.2) is 27.1 Å². The third-order valence-corrected chi connectivity index (χ3v) is 4.40. The first-order valence-corrected chi connectivity index (χ1v) is 8.03. The zero-order valence-corrected chi connectivity index (χ0v) is 13.2. The van der Waals surface area contributed by atoms with Crippen molar-refractivity contribution in [1.82, 2.24) is 14.7 Å². The van der Waals surface area contributed by atoms with E-state index in [2.05, 4.69) is 18.9 Å². The number of nitrogens with zero attached hydrogens (tertiary/aromatic N) is 3. The lowest BCUT2D eigenvalue weighted by Gasteiger charge is -2.37. The quantitative estimate of drug-likeness (QED) is 0.872. The lowest BCUT2D eigenvalue weighted by molar-refractivity contribution is -0.137. The largest absolute Gasteiger partial charge is 0.464 e. The summed E-state index contributed by atoms with van der Waals surface area (Å²) >= 11 is 0. The summed E-state index contributed by atoms with van der Waals surface area (Å²) in [5, 5.41) is 4.13. The number of likely N-dealkylation sites (tertiary alicyclic amines) is 1. The second-order valence-corrected chi connectivity index (χ2v) is 6.09. The van der Waals surface area contributed by atoms with E-state index in [9.17, 15) is 4.79 Å². The molecule has 2 unspecified atom stereocenters. The van der Waals surface area contributed by atoms with Crippen molar-refractivity contribution in [2.75, 3.05) is 6.54 Å². The molecule has 0 N–H and O–H groups in total. The van der Waals surface area contributed by atoms with E-state index in [1.807, 2.05) is 29.3 Å². The highest BCUT2D eigenvalue weighted by Gasteiger charge is 2.33. The molecule has 1 saturated heterocycles. The van der Waals surface area contributed by atoms with Gasteiger partial charge in [-0.3, -0.25) is 9.48 Å². The minimum atomic E-state index is 0.0483. The van der Waals surface area contributed by atoms with Gasteiger partial charge in [0.25, 0.3) is 0 Å². The molecule has 3 heterocycles. The van der Waals surface area contributed by atoms with E-state index >= 15 is 0 Å². The van der Waals surface area contributed by atoms with Crippen LogP contribution in [-0.2, 0) is 17.8 Å². The lowest BCUT2D eigenvalue weighted by atomic mass is 9.91. The van der Waals surface area contributed by atoms with Crippen molar-refractivity contribution < 1.29 is 9.21 Å². The van der Waals surface area contributed by atoms with Crippen LogP contribution in [0.2, 0.25) is 0 Å². The maximum absolute atomic E-state index is 12.7. The molecule has 1 aliphatic heterocycles. The zero-order chi connectivity index (χ0) is 15.5. The van der Waals surface area contributed by atoms with Crippen molar-refractivity contribution in [1.29, 1.82) is 0 Å². The van der Waals surface area contributed by atoms with Crippen molar-refractivity contribution >= 4 is 5.91 Å². The minimum Gasteiger partial charge on any atom is -0.464 e. The Morgan fingerprint density at radius 1 is 1.45 bits per heavy atom. The molecule has 1 fully saturated rings. The van der Waals surface area contributed by atoms with Gasteiger partial charge in [-0.2, -0.15) is 5.10 Å². The molecule has 5 heteroatoms. The van der Waals surface area contributed by atoms with Crippen molar-refractivity contribution in [2.45, 2.75) is 45.7 Å². The van der Waals surface area contributed by atoms with Crippen LogP contribution in [0.25, 0.3) is 0 Å². The Kier molecular flexibility index (Phi) is 4.32. The monoisotopic (exact) mass is 301 g/mol. The molecule has 0 aromatic carbocycles. The van der Waals surface area contributed by atoms with Crippen LogP contribution in [0.1, 0.15) is 44.3 Å². The van der Waals surface area contributed by atoms with Gasteiger partial charge in [-0.05, 0) is 37.0 Å². The summed E-state index contributed by atoms with van der Waals surface area (Å²) in [6.07, 6.45) is 6.40. The summed E-state index contributed by atoms with van der Waals surface area (Å²) in [4.78, 5) is 14.6. The molecular weight excluding hydrogens is 278 g/mol. The molecule has 3 rings (SSSR count). The molecule has 0 radical (unpaired) electrons. The number of carbonyl (C=O) groups is 1. The molecule has 0 bridgehead atoms. The first-order chi connectivity index (χ1) is 10.7. The number of piperidine rings is 1. The Labute approximate surface area is 130 Å². The van der Waals surface area contributed by atoms with Crippen LogP contribution >= 0.6 is 0 Å². The fraction of sp³-hybridized carbons (Fsp3) is 0.529. The van der Waals surface area contributed by atoms with E-state index in [1.54, 1.807) is 10.9 Å². The van der Waals surface area contributed by atoms with Crippen LogP contribution in [0.5, 0.6) is 0 Å². The van der Waals surface area contributed by atoms with E-state index < -0.39 is 0 Å². The average Bonchev–Trinajstić information content (AvgIpc) is 3.18. The summed E-state index contributed by atoms with van der Waals surface area (Å²) in [6, 6.07) is 5.93. The molecule has 2 atom stereocenters. The van der Waals surface area contributed by atoms with Gasteiger partial charge in [0.05, 0.1) is 6.04 Å². The summed E-state index contributed by atoms with van der Waals surface area (Å²) in [5.74, 6) is 2.61. The average molecular weight is 301 g/mol. The van der Waals surface area contributed by atoms with Crippen molar-refractivity contribution in [3.05, 3.63) is 42.1 Å². The summed E-state index contributed by atoms with van der Waals surface area (Å²) in [5.41, 5.74) is 0. The molecule has 1 amide bonds. The Morgan fingerprint density at radius 2 is 2.32 bits per heavy atom. The zero-order valence-electron chi connectivity index (χ0n) is 13.2. The van der Waals surface area contributed by atoms with Gasteiger partial charge in [0.1, 0.15) is 18.1 Å². The number of aromatic nitrogens is 2. The van der Waals surface area contributed by atoms with Gasteiger partial charge >= 0.3 is 0 Å². The summed E-state index contributed by atoms with van der Waals surface area (Å²) < 4.78 is 7.60. The maximum atomic E-state index is 12.7. The first-order valence-electron chi connectivity index (χ1n) is 8.03. The normalized spacial score (nSPS) is 22.0. The molecular formula is C17H23N3O2. The predicted molar refractivity (Wildman–Crippen MR) is 83.2 cm³/mol. The third-order valence-electron chi connectivity index (χ3n) is 4.40. The molecule has 22 heavy (non-hydrogen) atoms. The highest BCUT2D eigenvalue weighted by molar-refractivity contribution is 5.76. The summed E-state index contributed by atoms with van der Waals surface area (Å²) in [7, 11) is 0. The van der Waals surface area contributed by atoms with Crippen LogP contribution in [0.15, 0.2) is 35.0 Å². The Morgan fingerprint density at radius 3 is 3.00 bits per heavy atom. The van der Waals surface area contributed by atoms with Crippen LogP contribution in [0.3, 0.4) is 0 Å². The van der Waals surface area contributed by atoms with Crippen LogP contribution < -0.4 is 0 Å². The van der Waals surface area contributed by atoms with Gasteiger partial charge in [-0.1, -0.05) is 13.8 Å². The molecule has 2 aromatic heterocycles. The Bertz CT molecular complexity index is 618. The topological polar surface area (TPSA) is 51.3 Å². The molecule has 0 saturated carbocycles. The third kappa shape index (κ3) is 3.08. The summed E-state index contributed by atoms with van der Waals surface area (Å²) in [6.45, 7) is 5.39. The first kappa shape index (κ1) is 14.9. The van der Waals surface area contributed by atoms with Gasteiger partial charge in [0.15, 0.2) is 0 Å². The standard InChI is InChI=1S/C17H23N3O2/c1-3-14-5-6-16(22-14)15-11-13(2)7-10-20(15)17(21)12-19-9-4-8-18-19/h4-6,8-9,13,15H,3,7,10-12H2,1-2H3. The van der Waals surface area contributed by atoms with Gasteiger partial charge < -0.3 is 9.32 Å². The number of rotatable bonds is 4. The maximum Gasteiger partial charge on any atom is 0.244 e. The van der Waals surface area contributed by atoms with Gasteiger partial charge in [0.2, 0.25) is 5.91 Å². The predicted octanol–water partition coefficient (Wildman–Crippen LogP) is 3.04.